The van der Waals surface area contributed by atoms with E-state index in [1.165, 1.54) is 31.4 Å². The number of hydrogen-bond acceptors (Lipinski definition) is 10. The topological polar surface area (TPSA) is 143 Å². The molecule has 5 atom stereocenters. The van der Waals surface area contributed by atoms with Crippen LogP contribution in [-0.4, -0.2) is 75.6 Å². The first kappa shape index (κ1) is 20.0. The molecule has 10 nitrogen and oxygen atoms in total. The van der Waals surface area contributed by atoms with Crippen molar-refractivity contribution in [1.82, 2.24) is 9.97 Å². The average molecular weight is 391 g/mol. The van der Waals surface area contributed by atoms with Gasteiger partial charge in [-0.3, -0.25) is 0 Å². The Morgan fingerprint density at radius 3 is 2.43 bits per heavy atom. The Bertz CT molecular complexity index is 775. The van der Waals surface area contributed by atoms with Crippen LogP contribution in [0.2, 0.25) is 0 Å². The van der Waals surface area contributed by atoms with E-state index < -0.39 is 36.7 Å². The van der Waals surface area contributed by atoms with Crippen LogP contribution in [0.3, 0.4) is 0 Å². The summed E-state index contributed by atoms with van der Waals surface area (Å²) in [5.74, 6) is 0.140. The second-order valence-corrected chi connectivity index (χ2v) is 6.10. The molecule has 3 rings (SSSR count). The molecule has 2 aromatic rings. The van der Waals surface area contributed by atoms with E-state index in [1.54, 1.807) is 18.5 Å². The van der Waals surface area contributed by atoms with Crippen molar-refractivity contribution in [3.05, 3.63) is 48.3 Å². The fraction of sp³-hybridized carbons (Fsp3) is 0.389. The quantitative estimate of drug-likeness (QED) is 0.479. The number of aliphatic hydroxyl groups excluding tert-OH is 3. The molecule has 1 aromatic carbocycles. The molecular weight excluding hydrogens is 370 g/mol. The molecule has 1 aliphatic rings. The molecule has 0 spiro atoms. The lowest BCUT2D eigenvalue weighted by Gasteiger charge is -2.40. The van der Waals surface area contributed by atoms with Crippen molar-refractivity contribution in [2.24, 2.45) is 0 Å². The second kappa shape index (κ2) is 8.93. The minimum absolute atomic E-state index is 0.0795. The van der Waals surface area contributed by atoms with Crippen molar-refractivity contribution >= 4 is 11.9 Å². The first-order chi connectivity index (χ1) is 13.5. The Labute approximate surface area is 160 Å². The molecule has 0 bridgehead atoms. The van der Waals surface area contributed by atoms with E-state index in [-0.39, 0.29) is 6.54 Å². The predicted octanol–water partition coefficient (Wildman–Crippen LogP) is -0.438. The molecule has 0 amide bonds. The highest BCUT2D eigenvalue weighted by Crippen LogP contribution is 2.25. The number of aromatic nitrogens is 2. The fourth-order valence-corrected chi connectivity index (χ4v) is 2.69. The molecule has 10 heteroatoms. The molecule has 0 radical (unpaired) electrons. The minimum Gasteiger partial charge on any atom is -0.465 e. The van der Waals surface area contributed by atoms with Crippen molar-refractivity contribution in [3.63, 3.8) is 0 Å². The van der Waals surface area contributed by atoms with Crippen molar-refractivity contribution in [1.29, 1.82) is 0 Å². The van der Waals surface area contributed by atoms with Crippen LogP contribution in [0, 0.1) is 0 Å². The fourth-order valence-electron chi connectivity index (χ4n) is 2.69. The van der Waals surface area contributed by atoms with Crippen LogP contribution in [0.1, 0.15) is 10.4 Å². The Balaban J connectivity index is 1.65. The van der Waals surface area contributed by atoms with Gasteiger partial charge < -0.3 is 34.8 Å². The van der Waals surface area contributed by atoms with E-state index in [0.717, 1.165) is 0 Å². The van der Waals surface area contributed by atoms with Crippen LogP contribution in [0.5, 0.6) is 5.75 Å². The zero-order chi connectivity index (χ0) is 20.1. The first-order valence-corrected chi connectivity index (χ1v) is 8.55. The van der Waals surface area contributed by atoms with Gasteiger partial charge in [0.25, 0.3) is 0 Å². The molecule has 0 aliphatic carbocycles. The number of carbonyl (C=O) groups is 1. The molecule has 0 saturated carbocycles. The lowest BCUT2D eigenvalue weighted by atomic mass is 9.99. The molecule has 1 unspecified atom stereocenters. The van der Waals surface area contributed by atoms with E-state index in [4.69, 9.17) is 9.47 Å². The Hall–Kier alpha value is -2.79. The Morgan fingerprint density at radius 1 is 1.11 bits per heavy atom. The zero-order valence-corrected chi connectivity index (χ0v) is 15.0. The van der Waals surface area contributed by atoms with E-state index >= 15 is 0 Å². The molecule has 1 aliphatic heterocycles. The summed E-state index contributed by atoms with van der Waals surface area (Å²) in [5, 5.41) is 33.4. The third-order valence-electron chi connectivity index (χ3n) is 4.22. The van der Waals surface area contributed by atoms with Crippen LogP contribution in [-0.2, 0) is 9.47 Å². The van der Waals surface area contributed by atoms with Gasteiger partial charge in [-0.1, -0.05) is 0 Å². The number of benzene rings is 1. The van der Waals surface area contributed by atoms with Crippen molar-refractivity contribution in [2.45, 2.75) is 30.7 Å². The summed E-state index contributed by atoms with van der Waals surface area (Å²) in [6.45, 7) is 0.0795. The number of carbonyl (C=O) groups excluding carboxylic acids is 1. The number of ether oxygens (including phenoxy) is 3. The van der Waals surface area contributed by atoms with Crippen LogP contribution < -0.4 is 10.1 Å². The van der Waals surface area contributed by atoms with Gasteiger partial charge in [0.1, 0.15) is 30.2 Å². The lowest BCUT2D eigenvalue weighted by molar-refractivity contribution is -0.269. The molecule has 1 saturated heterocycles. The summed E-state index contributed by atoms with van der Waals surface area (Å²) in [7, 11) is 1.28. The van der Waals surface area contributed by atoms with E-state index in [1.807, 2.05) is 0 Å². The monoisotopic (exact) mass is 391 g/mol. The smallest absolute Gasteiger partial charge is 0.337 e. The van der Waals surface area contributed by atoms with E-state index in [2.05, 4.69) is 20.0 Å². The van der Waals surface area contributed by atoms with E-state index in [0.29, 0.717) is 17.3 Å². The summed E-state index contributed by atoms with van der Waals surface area (Å²) in [6, 6.07) is 7.66. The summed E-state index contributed by atoms with van der Waals surface area (Å²) < 4.78 is 15.8. The second-order valence-electron chi connectivity index (χ2n) is 6.10. The number of esters is 1. The highest BCUT2D eigenvalue weighted by molar-refractivity contribution is 5.89. The van der Waals surface area contributed by atoms with Gasteiger partial charge in [0.15, 0.2) is 0 Å². The third-order valence-corrected chi connectivity index (χ3v) is 4.22. The van der Waals surface area contributed by atoms with Gasteiger partial charge in [-0.25, -0.2) is 14.8 Å². The zero-order valence-electron chi connectivity index (χ0n) is 15.0. The molecule has 28 heavy (non-hydrogen) atoms. The molecule has 1 fully saturated rings. The maximum Gasteiger partial charge on any atom is 0.337 e. The van der Waals surface area contributed by atoms with Crippen LogP contribution in [0.25, 0.3) is 0 Å². The number of aliphatic hydroxyl groups is 3. The number of anilines is 1. The van der Waals surface area contributed by atoms with Crippen molar-refractivity contribution < 1.29 is 34.3 Å². The maximum absolute atomic E-state index is 11.5. The summed E-state index contributed by atoms with van der Waals surface area (Å²) >= 11 is 0. The van der Waals surface area contributed by atoms with Crippen LogP contribution in [0.4, 0.5) is 5.95 Å². The van der Waals surface area contributed by atoms with E-state index in [9.17, 15) is 20.1 Å². The van der Waals surface area contributed by atoms with Gasteiger partial charge in [0, 0.05) is 18.9 Å². The van der Waals surface area contributed by atoms with Crippen LogP contribution >= 0.6 is 0 Å². The Morgan fingerprint density at radius 2 is 1.79 bits per heavy atom. The maximum atomic E-state index is 11.5. The highest BCUT2D eigenvalue weighted by atomic mass is 16.7. The van der Waals surface area contributed by atoms with Gasteiger partial charge in [0.05, 0.1) is 12.7 Å². The number of nitrogens with one attached hydrogen (secondary N) is 1. The molecular formula is C18H21N3O7. The average Bonchev–Trinajstić information content (AvgIpc) is 2.74. The van der Waals surface area contributed by atoms with Gasteiger partial charge in [-0.05, 0) is 30.3 Å². The normalized spacial score (nSPS) is 27.1. The van der Waals surface area contributed by atoms with Gasteiger partial charge in [-0.2, -0.15) is 0 Å². The SMILES string of the molecule is COC(=O)c1ccc(OC2O[C@H](CNc3ncccn3)[C@@H](O)[C@H](O)[C@@H]2O)cc1. The molecule has 4 N–H and O–H groups in total. The standard InChI is InChI=1S/C18H21N3O7/c1-26-16(25)10-3-5-11(6-4-10)27-17-15(24)14(23)13(22)12(28-17)9-21-18-19-7-2-8-20-18/h2-8,12-15,17,22-24H,9H2,1H3,(H,19,20,21)/t12-,13-,14+,15+,17?/m1/s1. The predicted molar refractivity (Wildman–Crippen MR) is 95.6 cm³/mol. The Kier molecular flexibility index (Phi) is 6.37. The number of nitrogens with zero attached hydrogens (tertiary/aromatic N) is 2. The molecule has 150 valence electrons. The summed E-state index contributed by atoms with van der Waals surface area (Å²) in [5.41, 5.74) is 0.334. The van der Waals surface area contributed by atoms with Gasteiger partial charge in [-0.15, -0.1) is 0 Å². The van der Waals surface area contributed by atoms with Crippen molar-refractivity contribution in [3.8, 4) is 5.75 Å². The minimum atomic E-state index is -1.48. The number of methoxy groups -OCH3 is 1. The van der Waals surface area contributed by atoms with Gasteiger partial charge >= 0.3 is 5.97 Å². The highest BCUT2D eigenvalue weighted by Gasteiger charge is 2.44. The van der Waals surface area contributed by atoms with Gasteiger partial charge in [0.2, 0.25) is 12.2 Å². The first-order valence-electron chi connectivity index (χ1n) is 8.55. The largest absolute Gasteiger partial charge is 0.465 e. The van der Waals surface area contributed by atoms with Crippen molar-refractivity contribution in [2.75, 3.05) is 19.0 Å². The molecule has 2 heterocycles. The third kappa shape index (κ3) is 4.54. The molecule has 1 aromatic heterocycles. The number of rotatable bonds is 6. The lowest BCUT2D eigenvalue weighted by Crippen LogP contribution is -2.60. The summed E-state index contributed by atoms with van der Waals surface area (Å²) in [4.78, 5) is 19.5. The summed E-state index contributed by atoms with van der Waals surface area (Å²) in [6.07, 6.45) is -3.30. The van der Waals surface area contributed by atoms with Crippen LogP contribution in [0.15, 0.2) is 42.7 Å². The number of hydrogen-bond donors (Lipinski definition) is 4.